The van der Waals surface area contributed by atoms with Crippen molar-refractivity contribution in [2.75, 3.05) is 6.61 Å². The van der Waals surface area contributed by atoms with E-state index < -0.39 is 28.9 Å². The first kappa shape index (κ1) is 15.4. The van der Waals surface area contributed by atoms with Gasteiger partial charge in [0.25, 0.3) is 0 Å². The van der Waals surface area contributed by atoms with Gasteiger partial charge in [-0.15, -0.1) is 0 Å². The fraction of sp³-hybridized carbons (Fsp3) is 0.267. The highest BCUT2D eigenvalue weighted by molar-refractivity contribution is 9.10. The van der Waals surface area contributed by atoms with Crippen LogP contribution in [0.2, 0.25) is 0 Å². The van der Waals surface area contributed by atoms with E-state index in [-0.39, 0.29) is 18.6 Å². The molecule has 0 amide bonds. The van der Waals surface area contributed by atoms with Gasteiger partial charge >= 0.3 is 5.92 Å². The molecule has 1 aliphatic heterocycles. The Morgan fingerprint density at radius 3 is 2.59 bits per heavy atom. The Kier molecular flexibility index (Phi) is 3.72. The minimum atomic E-state index is -3.52. The molecule has 1 aliphatic carbocycles. The van der Waals surface area contributed by atoms with Crippen molar-refractivity contribution in [2.24, 2.45) is 0 Å². The predicted octanol–water partition coefficient (Wildman–Crippen LogP) is 4.74. The summed E-state index contributed by atoms with van der Waals surface area (Å²) in [7, 11) is 0. The molecule has 22 heavy (non-hydrogen) atoms. The summed E-state index contributed by atoms with van der Waals surface area (Å²) in [5.74, 6) is -5.38. The van der Waals surface area contributed by atoms with Crippen LogP contribution in [0.5, 0.6) is 0 Å². The van der Waals surface area contributed by atoms with Gasteiger partial charge in [0.05, 0.1) is 6.61 Å². The summed E-state index contributed by atoms with van der Waals surface area (Å²) in [6, 6.07) is 2.57. The molecule has 1 saturated heterocycles. The van der Waals surface area contributed by atoms with Gasteiger partial charge in [0.1, 0.15) is 17.3 Å². The third kappa shape index (κ3) is 2.42. The molecule has 0 radical (unpaired) electrons. The van der Waals surface area contributed by atoms with Crippen LogP contribution in [-0.2, 0) is 10.7 Å². The van der Waals surface area contributed by atoms with Crippen molar-refractivity contribution < 1.29 is 22.3 Å². The molecule has 0 spiro atoms. The van der Waals surface area contributed by atoms with Crippen LogP contribution in [-0.4, -0.2) is 17.2 Å². The minimum Gasteiger partial charge on any atom is -0.358 e. The van der Waals surface area contributed by atoms with E-state index >= 15 is 0 Å². The summed E-state index contributed by atoms with van der Waals surface area (Å²) < 4.78 is 62.3. The Labute approximate surface area is 132 Å². The molecule has 7 heteroatoms. The second-order valence-electron chi connectivity index (χ2n) is 5.01. The smallest absolute Gasteiger partial charge is 0.324 e. The first-order chi connectivity index (χ1) is 10.4. The number of hydrogen-bond donors (Lipinski definition) is 0. The van der Waals surface area contributed by atoms with Gasteiger partial charge < -0.3 is 4.74 Å². The van der Waals surface area contributed by atoms with Gasteiger partial charge in [-0.3, -0.25) is 4.98 Å². The Hall–Kier alpha value is -1.47. The lowest BCUT2D eigenvalue weighted by molar-refractivity contribution is -0.0721. The van der Waals surface area contributed by atoms with Gasteiger partial charge in [-0.05, 0) is 40.6 Å². The van der Waals surface area contributed by atoms with Crippen LogP contribution >= 0.6 is 15.9 Å². The molecular formula is C15H10BrF4NO. The zero-order valence-corrected chi connectivity index (χ0v) is 12.7. The van der Waals surface area contributed by atoms with E-state index in [4.69, 9.17) is 4.74 Å². The molecule has 0 aromatic carbocycles. The van der Waals surface area contributed by atoms with E-state index in [1.54, 1.807) is 0 Å². The molecule has 1 unspecified atom stereocenters. The average molecular weight is 376 g/mol. The molecule has 3 rings (SSSR count). The first-order valence-corrected chi connectivity index (χ1v) is 7.23. The number of pyridine rings is 1. The van der Waals surface area contributed by atoms with Gasteiger partial charge in [-0.25, -0.2) is 8.78 Å². The van der Waals surface area contributed by atoms with Crippen molar-refractivity contribution in [3.8, 4) is 0 Å². The summed E-state index contributed by atoms with van der Waals surface area (Å²) in [6.45, 7) is -0.343. The van der Waals surface area contributed by atoms with Crippen molar-refractivity contribution in [3.05, 3.63) is 64.0 Å². The SMILES string of the molecule is FC1=CC(F)=C(C2(C(F)(F)c3ccc(Br)cn3)CO2)CC=C1. The fourth-order valence-corrected chi connectivity index (χ4v) is 2.62. The number of nitrogens with zero attached hydrogens (tertiary/aromatic N) is 1. The Morgan fingerprint density at radius 1 is 1.27 bits per heavy atom. The van der Waals surface area contributed by atoms with Gasteiger partial charge in [-0.1, -0.05) is 6.08 Å². The first-order valence-electron chi connectivity index (χ1n) is 6.43. The van der Waals surface area contributed by atoms with E-state index in [2.05, 4.69) is 20.9 Å². The van der Waals surface area contributed by atoms with E-state index in [0.29, 0.717) is 10.5 Å². The van der Waals surface area contributed by atoms with Crippen LogP contribution in [0.4, 0.5) is 17.6 Å². The maximum atomic E-state index is 14.8. The maximum absolute atomic E-state index is 14.8. The highest BCUT2D eigenvalue weighted by Crippen LogP contribution is 2.55. The summed E-state index contributed by atoms with van der Waals surface area (Å²) in [5, 5.41) is 0. The monoisotopic (exact) mass is 375 g/mol. The van der Waals surface area contributed by atoms with Crippen molar-refractivity contribution in [1.82, 2.24) is 4.98 Å². The molecule has 1 fully saturated rings. The van der Waals surface area contributed by atoms with Crippen LogP contribution in [0.1, 0.15) is 12.1 Å². The molecule has 0 N–H and O–H groups in total. The topological polar surface area (TPSA) is 25.4 Å². The van der Waals surface area contributed by atoms with E-state index in [9.17, 15) is 17.6 Å². The number of allylic oxidation sites excluding steroid dienone is 5. The lowest BCUT2D eigenvalue weighted by atomic mass is 9.88. The summed E-state index contributed by atoms with van der Waals surface area (Å²) in [6.07, 6.45) is 4.01. The normalized spacial score (nSPS) is 25.0. The molecule has 1 aromatic rings. The zero-order valence-electron chi connectivity index (χ0n) is 11.1. The van der Waals surface area contributed by atoms with E-state index in [0.717, 1.165) is 12.1 Å². The Balaban J connectivity index is 2.04. The summed E-state index contributed by atoms with van der Waals surface area (Å²) >= 11 is 3.11. The zero-order chi connectivity index (χ0) is 16.0. The molecule has 2 aliphatic rings. The van der Waals surface area contributed by atoms with E-state index in [1.807, 2.05) is 0 Å². The number of alkyl halides is 2. The van der Waals surface area contributed by atoms with Crippen LogP contribution in [0.15, 0.2) is 58.3 Å². The largest absolute Gasteiger partial charge is 0.358 e. The van der Waals surface area contributed by atoms with Gasteiger partial charge in [0.2, 0.25) is 0 Å². The summed E-state index contributed by atoms with van der Waals surface area (Å²) in [5.41, 5.74) is -2.90. The lowest BCUT2D eigenvalue weighted by Crippen LogP contribution is -2.37. The highest BCUT2D eigenvalue weighted by atomic mass is 79.9. The average Bonchev–Trinajstić information content (AvgIpc) is 3.25. The van der Waals surface area contributed by atoms with Crippen LogP contribution in [0.3, 0.4) is 0 Å². The van der Waals surface area contributed by atoms with Gasteiger partial charge in [-0.2, -0.15) is 8.78 Å². The van der Waals surface area contributed by atoms with Crippen molar-refractivity contribution in [3.63, 3.8) is 0 Å². The van der Waals surface area contributed by atoms with Crippen LogP contribution in [0.25, 0.3) is 0 Å². The molecular weight excluding hydrogens is 366 g/mol. The number of epoxide rings is 1. The third-order valence-electron chi connectivity index (χ3n) is 3.63. The third-order valence-corrected chi connectivity index (χ3v) is 4.10. The minimum absolute atomic E-state index is 0.151. The molecule has 0 saturated carbocycles. The predicted molar refractivity (Wildman–Crippen MR) is 75.6 cm³/mol. The molecule has 0 bridgehead atoms. The highest BCUT2D eigenvalue weighted by Gasteiger charge is 2.68. The molecule has 1 atom stereocenters. The fourth-order valence-electron chi connectivity index (χ4n) is 2.39. The Morgan fingerprint density at radius 2 is 2.00 bits per heavy atom. The molecule has 2 nitrogen and oxygen atoms in total. The van der Waals surface area contributed by atoms with E-state index in [1.165, 1.54) is 18.3 Å². The quantitative estimate of drug-likeness (QED) is 0.563. The molecule has 1 aromatic heterocycles. The van der Waals surface area contributed by atoms with Crippen molar-refractivity contribution >= 4 is 15.9 Å². The number of halogens is 5. The maximum Gasteiger partial charge on any atom is 0.324 e. The number of hydrogen-bond acceptors (Lipinski definition) is 2. The Bertz CT molecular complexity index is 690. The van der Waals surface area contributed by atoms with Crippen LogP contribution < -0.4 is 0 Å². The van der Waals surface area contributed by atoms with Crippen LogP contribution in [0, 0.1) is 0 Å². The summed E-state index contributed by atoms with van der Waals surface area (Å²) in [4.78, 5) is 3.69. The van der Waals surface area contributed by atoms with Crippen molar-refractivity contribution in [2.45, 2.75) is 17.9 Å². The lowest BCUT2D eigenvalue weighted by Gasteiger charge is -2.25. The standard InChI is InChI=1S/C15H10BrF4NO/c16-9-4-5-13(21-7-9)15(19,20)14(8-22-14)11-3-1-2-10(17)6-12(11)18/h1-2,4-7H,3,8H2. The second-order valence-corrected chi connectivity index (χ2v) is 5.93. The number of ether oxygens (including phenoxy) is 1. The number of aromatic nitrogens is 1. The number of rotatable bonds is 3. The molecule has 116 valence electrons. The van der Waals surface area contributed by atoms with Gasteiger partial charge in [0, 0.05) is 22.3 Å². The molecule has 2 heterocycles. The van der Waals surface area contributed by atoms with Gasteiger partial charge in [0.15, 0.2) is 5.60 Å². The second kappa shape index (κ2) is 5.31. The van der Waals surface area contributed by atoms with Crippen molar-refractivity contribution in [1.29, 1.82) is 0 Å².